The van der Waals surface area contributed by atoms with Crippen LogP contribution in [-0.4, -0.2) is 74.3 Å². The van der Waals surface area contributed by atoms with Gasteiger partial charge < -0.3 is 9.47 Å². The second kappa shape index (κ2) is 11.0. The van der Waals surface area contributed by atoms with Crippen molar-refractivity contribution in [3.63, 3.8) is 0 Å². The van der Waals surface area contributed by atoms with Gasteiger partial charge in [-0.3, -0.25) is 23.8 Å². The lowest BCUT2D eigenvalue weighted by Gasteiger charge is -2.26. The molecule has 4 aromatic heterocycles. The molecule has 1 fully saturated rings. The number of nitrogens with zero attached hydrogens (tertiary/aromatic N) is 6. The summed E-state index contributed by atoms with van der Waals surface area (Å²) in [6.45, 7) is 9.43. The van der Waals surface area contributed by atoms with Gasteiger partial charge >= 0.3 is 0 Å². The number of aryl methyl sites for hydroxylation is 2. The second-order valence-electron chi connectivity index (χ2n) is 9.96. The van der Waals surface area contributed by atoms with Crippen LogP contribution in [0.3, 0.4) is 0 Å². The summed E-state index contributed by atoms with van der Waals surface area (Å²) in [5.74, 6) is 0.750. The summed E-state index contributed by atoms with van der Waals surface area (Å²) < 4.78 is 15.2. The van der Waals surface area contributed by atoms with Crippen LogP contribution >= 0.6 is 0 Å². The van der Waals surface area contributed by atoms with Crippen LogP contribution in [0, 0.1) is 13.8 Å². The lowest BCUT2D eigenvalue weighted by molar-refractivity contribution is 0.0322. The molecule has 0 aliphatic carbocycles. The van der Waals surface area contributed by atoms with Crippen LogP contribution in [0.1, 0.15) is 33.1 Å². The Hall–Kier alpha value is -4.08. The summed E-state index contributed by atoms with van der Waals surface area (Å²) in [5, 5.41) is 5.80. The van der Waals surface area contributed by atoms with E-state index in [2.05, 4.69) is 14.9 Å². The number of carbonyl (C=O) groups is 1. The Balaban J connectivity index is 1.18. The van der Waals surface area contributed by atoms with Gasteiger partial charge in [-0.15, -0.1) is 0 Å². The van der Waals surface area contributed by atoms with E-state index < -0.39 is 0 Å². The standard InChI is InChI=1S/C30H32N6O3/c1-21-5-3-7-24(32-21)20-36-26-8-4-6-23(30(26)22(2)33-36)17-28(37)27-19-31-29-18-25(9-10-35(27)29)39-16-13-34-11-14-38-15-12-34/h3-10,18-19H,11-17,20H2,1-2H3. The highest BCUT2D eigenvalue weighted by atomic mass is 16.5. The van der Waals surface area contributed by atoms with E-state index in [4.69, 9.17) is 14.6 Å². The number of ketones is 1. The Morgan fingerprint density at radius 1 is 1.08 bits per heavy atom. The number of hydrogen-bond donors (Lipinski definition) is 0. The molecular weight excluding hydrogens is 492 g/mol. The van der Waals surface area contributed by atoms with E-state index in [0.717, 1.165) is 72.1 Å². The maximum absolute atomic E-state index is 13.5. The van der Waals surface area contributed by atoms with Crippen LogP contribution in [0.2, 0.25) is 0 Å². The number of carbonyl (C=O) groups excluding carboxylic acids is 1. The minimum Gasteiger partial charge on any atom is -0.492 e. The Kier molecular flexibility index (Phi) is 7.08. The zero-order valence-corrected chi connectivity index (χ0v) is 22.3. The summed E-state index contributed by atoms with van der Waals surface area (Å²) in [4.78, 5) is 24.9. The first-order chi connectivity index (χ1) is 19.0. The number of rotatable bonds is 9. The lowest BCUT2D eigenvalue weighted by Crippen LogP contribution is -2.38. The monoisotopic (exact) mass is 524 g/mol. The molecule has 5 heterocycles. The molecule has 6 rings (SSSR count). The zero-order valence-electron chi connectivity index (χ0n) is 22.3. The molecule has 0 atom stereocenters. The molecular formula is C30H32N6O3. The number of imidazole rings is 1. The SMILES string of the molecule is Cc1cccc(Cn2nc(C)c3c(CC(=O)c4cnc5cc(OCCN6CCOCC6)ccn45)cccc32)n1. The molecule has 0 N–H and O–H groups in total. The van der Waals surface area contributed by atoms with Gasteiger partial charge in [0.25, 0.3) is 0 Å². The molecule has 0 bridgehead atoms. The van der Waals surface area contributed by atoms with Crippen molar-refractivity contribution in [2.75, 3.05) is 39.5 Å². The normalized spacial score (nSPS) is 14.3. The summed E-state index contributed by atoms with van der Waals surface area (Å²) in [6, 6.07) is 15.8. The number of hydrogen-bond acceptors (Lipinski definition) is 7. The molecule has 1 aliphatic heterocycles. The minimum absolute atomic E-state index is 0.00323. The van der Waals surface area contributed by atoms with Crippen LogP contribution in [0.5, 0.6) is 5.75 Å². The fourth-order valence-electron chi connectivity index (χ4n) is 5.25. The van der Waals surface area contributed by atoms with Crippen LogP contribution in [0.15, 0.2) is 60.9 Å². The molecule has 1 aromatic carbocycles. The number of benzene rings is 1. The average molecular weight is 525 g/mol. The number of pyridine rings is 2. The van der Waals surface area contributed by atoms with Gasteiger partial charge in [0.15, 0.2) is 5.78 Å². The minimum atomic E-state index is 0.00323. The maximum atomic E-state index is 13.5. The molecule has 0 amide bonds. The predicted molar refractivity (Wildman–Crippen MR) is 149 cm³/mol. The van der Waals surface area contributed by atoms with Crippen LogP contribution in [0.25, 0.3) is 16.6 Å². The predicted octanol–water partition coefficient (Wildman–Crippen LogP) is 3.88. The molecule has 1 aliphatic rings. The summed E-state index contributed by atoms with van der Waals surface area (Å²) in [5.41, 5.74) is 6.03. The van der Waals surface area contributed by atoms with Crippen molar-refractivity contribution in [2.24, 2.45) is 0 Å². The van der Waals surface area contributed by atoms with Gasteiger partial charge in [0.1, 0.15) is 23.7 Å². The van der Waals surface area contributed by atoms with Crippen molar-refractivity contribution in [1.82, 2.24) is 29.0 Å². The van der Waals surface area contributed by atoms with Gasteiger partial charge in [0.05, 0.1) is 42.9 Å². The number of fused-ring (bicyclic) bond motifs is 2. The summed E-state index contributed by atoms with van der Waals surface area (Å²) in [6.07, 6.45) is 3.77. The number of ether oxygens (including phenoxy) is 2. The Bertz CT molecular complexity index is 1630. The smallest absolute Gasteiger partial charge is 0.185 e. The van der Waals surface area contributed by atoms with E-state index in [1.807, 2.05) is 77.7 Å². The van der Waals surface area contributed by atoms with Crippen molar-refractivity contribution in [3.8, 4) is 5.75 Å². The largest absolute Gasteiger partial charge is 0.492 e. The molecule has 200 valence electrons. The Morgan fingerprint density at radius 2 is 1.92 bits per heavy atom. The molecule has 0 spiro atoms. The average Bonchev–Trinajstić information content (AvgIpc) is 3.50. The van der Waals surface area contributed by atoms with Gasteiger partial charge in [-0.1, -0.05) is 18.2 Å². The van der Waals surface area contributed by atoms with Gasteiger partial charge in [-0.25, -0.2) is 4.98 Å². The Labute approximate surface area is 227 Å². The first-order valence-electron chi connectivity index (χ1n) is 13.4. The second-order valence-corrected chi connectivity index (χ2v) is 9.96. The molecule has 1 saturated heterocycles. The topological polar surface area (TPSA) is 86.8 Å². The van der Waals surface area contributed by atoms with Crippen molar-refractivity contribution in [2.45, 2.75) is 26.8 Å². The first-order valence-corrected chi connectivity index (χ1v) is 13.4. The third-order valence-corrected chi connectivity index (χ3v) is 7.20. The summed E-state index contributed by atoms with van der Waals surface area (Å²) >= 11 is 0. The molecule has 39 heavy (non-hydrogen) atoms. The highest BCUT2D eigenvalue weighted by molar-refractivity contribution is 5.99. The lowest BCUT2D eigenvalue weighted by atomic mass is 10.0. The highest BCUT2D eigenvalue weighted by Gasteiger charge is 2.18. The van der Waals surface area contributed by atoms with Crippen molar-refractivity contribution < 1.29 is 14.3 Å². The highest BCUT2D eigenvalue weighted by Crippen LogP contribution is 2.25. The van der Waals surface area contributed by atoms with Crippen molar-refractivity contribution in [3.05, 3.63) is 89.3 Å². The van der Waals surface area contributed by atoms with Crippen LogP contribution < -0.4 is 4.74 Å². The number of aromatic nitrogens is 5. The number of Topliss-reactive ketones (excluding diaryl/α,β-unsaturated/α-hetero) is 1. The first kappa shape index (κ1) is 25.2. The van der Waals surface area contributed by atoms with Crippen molar-refractivity contribution >= 4 is 22.3 Å². The van der Waals surface area contributed by atoms with E-state index in [1.165, 1.54) is 0 Å². The van der Waals surface area contributed by atoms with E-state index in [1.54, 1.807) is 6.20 Å². The fourth-order valence-corrected chi connectivity index (χ4v) is 5.25. The van der Waals surface area contributed by atoms with Gasteiger partial charge in [-0.2, -0.15) is 5.10 Å². The third kappa shape index (κ3) is 5.41. The van der Waals surface area contributed by atoms with E-state index in [-0.39, 0.29) is 12.2 Å². The zero-order chi connectivity index (χ0) is 26.8. The maximum Gasteiger partial charge on any atom is 0.185 e. The van der Waals surface area contributed by atoms with Crippen molar-refractivity contribution in [1.29, 1.82) is 0 Å². The molecule has 5 aromatic rings. The van der Waals surface area contributed by atoms with Crippen LogP contribution in [-0.2, 0) is 17.7 Å². The van der Waals surface area contributed by atoms with Gasteiger partial charge in [0, 0.05) is 49.4 Å². The summed E-state index contributed by atoms with van der Waals surface area (Å²) in [7, 11) is 0. The van der Waals surface area contributed by atoms with Gasteiger partial charge in [-0.05, 0) is 43.7 Å². The quantitative estimate of drug-likeness (QED) is 0.271. The van der Waals surface area contributed by atoms with Gasteiger partial charge in [0.2, 0.25) is 0 Å². The third-order valence-electron chi connectivity index (χ3n) is 7.20. The van der Waals surface area contributed by atoms with Crippen LogP contribution in [0.4, 0.5) is 0 Å². The molecule has 0 saturated carbocycles. The van der Waals surface area contributed by atoms with E-state index in [9.17, 15) is 4.79 Å². The molecule has 0 radical (unpaired) electrons. The fraction of sp³-hybridized carbons (Fsp3) is 0.333. The van der Waals surface area contributed by atoms with E-state index >= 15 is 0 Å². The molecule has 9 heteroatoms. The molecule has 9 nitrogen and oxygen atoms in total. The molecule has 0 unspecified atom stereocenters. The Morgan fingerprint density at radius 3 is 2.77 bits per heavy atom. The number of morpholine rings is 1. The van der Waals surface area contributed by atoms with E-state index in [0.29, 0.717) is 24.5 Å².